The average molecular weight is 154 g/mol. The van der Waals surface area contributed by atoms with E-state index in [0.29, 0.717) is 5.95 Å². The van der Waals surface area contributed by atoms with Gasteiger partial charge in [0.05, 0.1) is 0 Å². The summed E-state index contributed by atoms with van der Waals surface area (Å²) in [5, 5.41) is 11.9. The second-order valence-electron chi connectivity index (χ2n) is 2.65. The lowest BCUT2D eigenvalue weighted by Gasteiger charge is -2.18. The summed E-state index contributed by atoms with van der Waals surface area (Å²) < 4.78 is 0. The number of nitrogens with one attached hydrogen (secondary N) is 1. The van der Waals surface area contributed by atoms with Gasteiger partial charge in [0.15, 0.2) is 0 Å². The Morgan fingerprint density at radius 2 is 1.91 bits per heavy atom. The van der Waals surface area contributed by atoms with Crippen LogP contribution in [-0.2, 0) is 0 Å². The van der Waals surface area contributed by atoms with Crippen molar-refractivity contribution in [1.82, 2.24) is 15.0 Å². The van der Waals surface area contributed by atoms with Gasteiger partial charge in [-0.25, -0.2) is 15.0 Å². The van der Waals surface area contributed by atoms with Crippen LogP contribution in [0.2, 0.25) is 0 Å². The van der Waals surface area contributed by atoms with Gasteiger partial charge in [0.25, 0.3) is 0 Å². The quantitative estimate of drug-likeness (QED) is 0.587. The van der Waals surface area contributed by atoms with Crippen LogP contribution in [0.1, 0.15) is 13.8 Å². The average Bonchev–Trinajstić information content (AvgIpc) is 1.85. The number of rotatable bonds is 2. The van der Waals surface area contributed by atoms with E-state index in [0.717, 1.165) is 0 Å². The van der Waals surface area contributed by atoms with Crippen LogP contribution in [0.3, 0.4) is 0 Å². The van der Waals surface area contributed by atoms with E-state index in [2.05, 4.69) is 20.3 Å². The minimum atomic E-state index is -0.999. The van der Waals surface area contributed by atoms with Gasteiger partial charge in [-0.3, -0.25) is 0 Å². The van der Waals surface area contributed by atoms with E-state index in [9.17, 15) is 5.11 Å². The zero-order chi connectivity index (χ0) is 8.32. The summed E-state index contributed by atoms with van der Waals surface area (Å²) in [5.74, 6) is 0.368. The maximum Gasteiger partial charge on any atom is 0.227 e. The van der Waals surface area contributed by atoms with Gasteiger partial charge in [-0.2, -0.15) is 0 Å². The fourth-order valence-electron chi connectivity index (χ4n) is 0.577. The first-order valence-corrected chi connectivity index (χ1v) is 3.20. The first-order valence-electron chi connectivity index (χ1n) is 3.20. The minimum absolute atomic E-state index is 0.368. The van der Waals surface area contributed by atoms with Crippen LogP contribution >= 0.6 is 0 Å². The third-order valence-electron chi connectivity index (χ3n) is 0.911. The highest BCUT2D eigenvalue weighted by molar-refractivity contribution is 5.23. The third kappa shape index (κ3) is 2.90. The molecule has 0 atom stereocenters. The fourth-order valence-corrected chi connectivity index (χ4v) is 0.577. The molecule has 0 saturated carbocycles. The molecule has 1 rings (SSSR count). The molecule has 0 bridgehead atoms. The molecule has 1 aromatic heterocycles. The second kappa shape index (κ2) is 2.79. The molecule has 0 radical (unpaired) electrons. The van der Waals surface area contributed by atoms with Gasteiger partial charge in [-0.1, -0.05) is 0 Å². The minimum Gasteiger partial charge on any atom is -0.372 e. The van der Waals surface area contributed by atoms with E-state index in [1.807, 2.05) is 0 Å². The lowest BCUT2D eigenvalue weighted by Crippen LogP contribution is -2.30. The van der Waals surface area contributed by atoms with Crippen LogP contribution in [0.25, 0.3) is 0 Å². The Kier molecular flexibility index (Phi) is 2.00. The maximum absolute atomic E-state index is 9.26. The summed E-state index contributed by atoms with van der Waals surface area (Å²) in [6, 6.07) is 0. The molecule has 0 aliphatic rings. The number of hydrogen-bond acceptors (Lipinski definition) is 5. The SMILES string of the molecule is CC(C)(O)Nc1ncncn1. The second-order valence-corrected chi connectivity index (χ2v) is 2.65. The van der Waals surface area contributed by atoms with Crippen molar-refractivity contribution in [2.24, 2.45) is 0 Å². The normalized spacial score (nSPS) is 11.2. The summed E-state index contributed by atoms with van der Waals surface area (Å²) in [4.78, 5) is 11.2. The molecule has 0 aromatic carbocycles. The van der Waals surface area contributed by atoms with E-state index in [4.69, 9.17) is 0 Å². The molecule has 1 heterocycles. The molecule has 5 heteroatoms. The Morgan fingerprint density at radius 1 is 1.36 bits per heavy atom. The summed E-state index contributed by atoms with van der Waals surface area (Å²) in [6.45, 7) is 3.22. The Bertz CT molecular complexity index is 218. The van der Waals surface area contributed by atoms with Gasteiger partial charge in [0.1, 0.15) is 18.4 Å². The first-order chi connectivity index (χ1) is 5.08. The highest BCUT2D eigenvalue weighted by Crippen LogP contribution is 2.03. The molecule has 1 aromatic rings. The monoisotopic (exact) mass is 154 g/mol. The van der Waals surface area contributed by atoms with E-state index in [1.54, 1.807) is 13.8 Å². The van der Waals surface area contributed by atoms with Crippen molar-refractivity contribution in [3.63, 3.8) is 0 Å². The molecule has 0 saturated heterocycles. The summed E-state index contributed by atoms with van der Waals surface area (Å²) >= 11 is 0. The highest BCUT2D eigenvalue weighted by atomic mass is 16.3. The zero-order valence-electron chi connectivity index (χ0n) is 6.44. The number of nitrogens with zero attached hydrogens (tertiary/aromatic N) is 3. The summed E-state index contributed by atoms with van der Waals surface area (Å²) in [7, 11) is 0. The standard InChI is InChI=1S/C6H10N4O/c1-6(2,11)10-5-8-3-7-4-9-5/h3-4,11H,1-2H3,(H,7,8,9,10). The molecule has 11 heavy (non-hydrogen) atoms. The van der Waals surface area contributed by atoms with Crippen LogP contribution in [0.4, 0.5) is 5.95 Å². The van der Waals surface area contributed by atoms with Crippen molar-refractivity contribution in [3.05, 3.63) is 12.7 Å². The first kappa shape index (κ1) is 7.87. The molecule has 2 N–H and O–H groups in total. The summed E-state index contributed by atoms with van der Waals surface area (Å²) in [6.07, 6.45) is 2.72. The lowest BCUT2D eigenvalue weighted by molar-refractivity contribution is 0.110. The number of aliphatic hydroxyl groups is 1. The van der Waals surface area contributed by atoms with Crippen molar-refractivity contribution < 1.29 is 5.11 Å². The van der Waals surface area contributed by atoms with Crippen molar-refractivity contribution in [2.45, 2.75) is 19.6 Å². The van der Waals surface area contributed by atoms with Crippen LogP contribution in [0, 0.1) is 0 Å². The van der Waals surface area contributed by atoms with Gasteiger partial charge in [-0.05, 0) is 13.8 Å². The van der Waals surface area contributed by atoms with Gasteiger partial charge in [0.2, 0.25) is 5.95 Å². The van der Waals surface area contributed by atoms with Crippen molar-refractivity contribution in [1.29, 1.82) is 0 Å². The van der Waals surface area contributed by atoms with Crippen molar-refractivity contribution >= 4 is 5.95 Å². The van der Waals surface area contributed by atoms with Crippen molar-refractivity contribution in [2.75, 3.05) is 5.32 Å². The molecular weight excluding hydrogens is 144 g/mol. The Hall–Kier alpha value is -1.23. The molecule has 0 unspecified atom stereocenters. The predicted molar refractivity (Wildman–Crippen MR) is 39.7 cm³/mol. The molecule has 0 fully saturated rings. The smallest absolute Gasteiger partial charge is 0.227 e. The lowest BCUT2D eigenvalue weighted by atomic mass is 10.3. The molecule has 0 aliphatic heterocycles. The van der Waals surface area contributed by atoms with Crippen LogP contribution in [0.5, 0.6) is 0 Å². The Morgan fingerprint density at radius 3 is 2.36 bits per heavy atom. The predicted octanol–water partition coefficient (Wildman–Crippen LogP) is 0.0119. The largest absolute Gasteiger partial charge is 0.372 e. The number of aromatic nitrogens is 3. The van der Waals surface area contributed by atoms with Crippen LogP contribution < -0.4 is 5.32 Å². The van der Waals surface area contributed by atoms with Crippen LogP contribution in [-0.4, -0.2) is 25.8 Å². The van der Waals surface area contributed by atoms with Gasteiger partial charge >= 0.3 is 0 Å². The maximum atomic E-state index is 9.26. The van der Waals surface area contributed by atoms with Gasteiger partial charge < -0.3 is 10.4 Å². The molecular formula is C6H10N4O. The Labute approximate surface area is 64.5 Å². The Balaban J connectivity index is 2.66. The molecule has 5 nitrogen and oxygen atoms in total. The van der Waals surface area contributed by atoms with Crippen LogP contribution in [0.15, 0.2) is 12.7 Å². The molecule has 0 spiro atoms. The zero-order valence-corrected chi connectivity index (χ0v) is 6.44. The van der Waals surface area contributed by atoms with Gasteiger partial charge in [0, 0.05) is 0 Å². The van der Waals surface area contributed by atoms with E-state index < -0.39 is 5.72 Å². The highest BCUT2D eigenvalue weighted by Gasteiger charge is 2.11. The molecule has 60 valence electrons. The number of anilines is 1. The third-order valence-corrected chi connectivity index (χ3v) is 0.911. The van der Waals surface area contributed by atoms with E-state index in [1.165, 1.54) is 12.7 Å². The topological polar surface area (TPSA) is 70.9 Å². The number of hydrogen-bond donors (Lipinski definition) is 2. The summed E-state index contributed by atoms with van der Waals surface area (Å²) in [5.41, 5.74) is -0.999. The van der Waals surface area contributed by atoms with E-state index in [-0.39, 0.29) is 0 Å². The van der Waals surface area contributed by atoms with Crippen molar-refractivity contribution in [3.8, 4) is 0 Å². The molecule has 0 amide bonds. The fraction of sp³-hybridized carbons (Fsp3) is 0.500. The molecule has 0 aliphatic carbocycles. The van der Waals surface area contributed by atoms with Gasteiger partial charge in [-0.15, -0.1) is 0 Å². The van der Waals surface area contributed by atoms with E-state index >= 15 is 0 Å².